The molecule has 0 aromatic heterocycles. The molecule has 0 spiro atoms. The Bertz CT molecular complexity index is 195. The number of piperazine rings is 1. The Balaban J connectivity index is 1.50. The van der Waals surface area contributed by atoms with Crippen LogP contribution in [0.3, 0.4) is 0 Å². The molecule has 2 heterocycles. The van der Waals surface area contributed by atoms with Gasteiger partial charge in [0, 0.05) is 38.8 Å². The first-order valence-corrected chi connectivity index (χ1v) is 6.59. The van der Waals surface area contributed by atoms with Crippen LogP contribution in [0.25, 0.3) is 0 Å². The number of likely N-dealkylation sites (N-methyl/N-ethyl adjacent to an activating group) is 1. The number of rotatable bonds is 5. The van der Waals surface area contributed by atoms with Gasteiger partial charge in [0.2, 0.25) is 0 Å². The van der Waals surface area contributed by atoms with E-state index in [1.807, 2.05) is 0 Å². The average Bonchev–Trinajstić information content (AvgIpc) is 2.77. The van der Waals surface area contributed by atoms with Gasteiger partial charge in [0.15, 0.2) is 0 Å². The van der Waals surface area contributed by atoms with E-state index in [2.05, 4.69) is 22.6 Å². The standard InChI is InChI=1S/C12H25N3O/c1-15-7-6-14-11(10-15)4-5-13-9-12-3-2-8-16-12/h11-14H,2-10H2,1H3. The molecular formula is C12H25N3O. The van der Waals surface area contributed by atoms with Crippen molar-refractivity contribution in [3.05, 3.63) is 0 Å². The minimum atomic E-state index is 0.474. The molecule has 2 fully saturated rings. The number of nitrogens with one attached hydrogen (secondary N) is 2. The van der Waals surface area contributed by atoms with E-state index in [0.29, 0.717) is 12.1 Å². The van der Waals surface area contributed by atoms with Gasteiger partial charge in [0.05, 0.1) is 6.10 Å². The minimum absolute atomic E-state index is 0.474. The Hall–Kier alpha value is -0.160. The molecule has 2 N–H and O–H groups in total. The van der Waals surface area contributed by atoms with Crippen LogP contribution in [0.4, 0.5) is 0 Å². The zero-order valence-corrected chi connectivity index (χ0v) is 10.4. The maximum Gasteiger partial charge on any atom is 0.0700 e. The molecule has 2 aliphatic heterocycles. The Morgan fingerprint density at radius 2 is 2.44 bits per heavy atom. The van der Waals surface area contributed by atoms with Gasteiger partial charge in [0.1, 0.15) is 0 Å². The second kappa shape index (κ2) is 6.55. The molecule has 4 nitrogen and oxygen atoms in total. The van der Waals surface area contributed by atoms with E-state index >= 15 is 0 Å². The first kappa shape index (κ1) is 12.3. The Labute approximate surface area is 98.7 Å². The van der Waals surface area contributed by atoms with Gasteiger partial charge in [-0.2, -0.15) is 0 Å². The van der Waals surface area contributed by atoms with Gasteiger partial charge < -0.3 is 20.3 Å². The molecule has 2 saturated heterocycles. The predicted molar refractivity (Wildman–Crippen MR) is 65.7 cm³/mol. The van der Waals surface area contributed by atoms with Gasteiger partial charge in [0.25, 0.3) is 0 Å². The topological polar surface area (TPSA) is 36.5 Å². The zero-order chi connectivity index (χ0) is 11.2. The van der Waals surface area contributed by atoms with Crippen LogP contribution in [-0.2, 0) is 4.74 Å². The lowest BCUT2D eigenvalue weighted by molar-refractivity contribution is 0.109. The van der Waals surface area contributed by atoms with Gasteiger partial charge in [-0.3, -0.25) is 0 Å². The van der Waals surface area contributed by atoms with Crippen molar-refractivity contribution in [3.8, 4) is 0 Å². The molecule has 0 saturated carbocycles. The van der Waals surface area contributed by atoms with Crippen LogP contribution >= 0.6 is 0 Å². The van der Waals surface area contributed by atoms with Gasteiger partial charge >= 0.3 is 0 Å². The second-order valence-corrected chi connectivity index (χ2v) is 5.04. The van der Waals surface area contributed by atoms with Crippen molar-refractivity contribution in [1.29, 1.82) is 0 Å². The van der Waals surface area contributed by atoms with E-state index in [1.165, 1.54) is 32.4 Å². The van der Waals surface area contributed by atoms with Crippen LogP contribution in [0, 0.1) is 0 Å². The highest BCUT2D eigenvalue weighted by molar-refractivity contribution is 4.77. The molecule has 2 atom stereocenters. The molecule has 2 aliphatic rings. The molecule has 94 valence electrons. The third-order valence-electron chi connectivity index (χ3n) is 3.52. The number of nitrogens with zero attached hydrogens (tertiary/aromatic N) is 1. The summed E-state index contributed by atoms with van der Waals surface area (Å²) < 4.78 is 5.58. The normalized spacial score (nSPS) is 32.1. The van der Waals surface area contributed by atoms with Gasteiger partial charge in [-0.15, -0.1) is 0 Å². The summed E-state index contributed by atoms with van der Waals surface area (Å²) in [5, 5.41) is 7.07. The summed E-state index contributed by atoms with van der Waals surface area (Å²) in [5.74, 6) is 0. The molecule has 0 radical (unpaired) electrons. The van der Waals surface area contributed by atoms with E-state index < -0.39 is 0 Å². The van der Waals surface area contributed by atoms with E-state index in [0.717, 1.165) is 26.2 Å². The molecule has 0 bridgehead atoms. The molecule has 2 unspecified atom stereocenters. The van der Waals surface area contributed by atoms with Crippen LogP contribution in [0.1, 0.15) is 19.3 Å². The Kier molecular flexibility index (Phi) is 5.03. The first-order chi connectivity index (χ1) is 7.84. The average molecular weight is 227 g/mol. The first-order valence-electron chi connectivity index (χ1n) is 6.59. The summed E-state index contributed by atoms with van der Waals surface area (Å²) in [5.41, 5.74) is 0. The largest absolute Gasteiger partial charge is 0.377 e. The summed E-state index contributed by atoms with van der Waals surface area (Å²) >= 11 is 0. The van der Waals surface area contributed by atoms with Crippen molar-refractivity contribution >= 4 is 0 Å². The molecule has 16 heavy (non-hydrogen) atoms. The molecule has 0 aromatic rings. The number of hydrogen-bond donors (Lipinski definition) is 2. The van der Waals surface area contributed by atoms with Crippen molar-refractivity contribution in [1.82, 2.24) is 15.5 Å². The third kappa shape index (κ3) is 4.01. The summed E-state index contributed by atoms with van der Waals surface area (Å²) in [4.78, 5) is 2.40. The van der Waals surface area contributed by atoms with E-state index in [1.54, 1.807) is 0 Å². The van der Waals surface area contributed by atoms with Crippen LogP contribution in [-0.4, -0.2) is 63.4 Å². The highest BCUT2D eigenvalue weighted by atomic mass is 16.5. The van der Waals surface area contributed by atoms with Crippen molar-refractivity contribution in [2.24, 2.45) is 0 Å². The number of ether oxygens (including phenoxy) is 1. The monoisotopic (exact) mass is 227 g/mol. The van der Waals surface area contributed by atoms with E-state index in [9.17, 15) is 0 Å². The van der Waals surface area contributed by atoms with E-state index in [4.69, 9.17) is 4.74 Å². The van der Waals surface area contributed by atoms with Gasteiger partial charge in [-0.1, -0.05) is 0 Å². The van der Waals surface area contributed by atoms with Gasteiger partial charge in [-0.05, 0) is 32.9 Å². The summed E-state index contributed by atoms with van der Waals surface area (Å²) in [6.45, 7) is 6.59. The molecular weight excluding hydrogens is 202 g/mol. The highest BCUT2D eigenvalue weighted by Gasteiger charge is 2.17. The third-order valence-corrected chi connectivity index (χ3v) is 3.52. The lowest BCUT2D eigenvalue weighted by Gasteiger charge is -2.31. The zero-order valence-electron chi connectivity index (χ0n) is 10.4. The predicted octanol–water partition coefficient (Wildman–Crippen LogP) is 0.0487. The SMILES string of the molecule is CN1CCNC(CCNCC2CCCO2)C1. The minimum Gasteiger partial charge on any atom is -0.377 e. The fourth-order valence-electron chi connectivity index (χ4n) is 2.53. The van der Waals surface area contributed by atoms with Crippen LogP contribution < -0.4 is 10.6 Å². The summed E-state index contributed by atoms with van der Waals surface area (Å²) in [7, 11) is 2.20. The molecule has 4 heteroatoms. The van der Waals surface area contributed by atoms with Crippen molar-refractivity contribution < 1.29 is 4.74 Å². The smallest absolute Gasteiger partial charge is 0.0700 e. The lowest BCUT2D eigenvalue weighted by Crippen LogP contribution is -2.50. The highest BCUT2D eigenvalue weighted by Crippen LogP contribution is 2.10. The molecule has 0 amide bonds. The maximum atomic E-state index is 5.58. The second-order valence-electron chi connectivity index (χ2n) is 5.04. The lowest BCUT2D eigenvalue weighted by atomic mass is 10.1. The molecule has 2 rings (SSSR count). The van der Waals surface area contributed by atoms with E-state index in [-0.39, 0.29) is 0 Å². The number of hydrogen-bond acceptors (Lipinski definition) is 4. The Morgan fingerprint density at radius 1 is 1.50 bits per heavy atom. The Morgan fingerprint density at radius 3 is 3.19 bits per heavy atom. The fraction of sp³-hybridized carbons (Fsp3) is 1.00. The fourth-order valence-corrected chi connectivity index (χ4v) is 2.53. The van der Waals surface area contributed by atoms with Crippen LogP contribution in [0.2, 0.25) is 0 Å². The van der Waals surface area contributed by atoms with Crippen molar-refractivity contribution in [3.63, 3.8) is 0 Å². The summed E-state index contributed by atoms with van der Waals surface area (Å²) in [6.07, 6.45) is 4.16. The van der Waals surface area contributed by atoms with Crippen LogP contribution in [0.5, 0.6) is 0 Å². The molecule has 0 aromatic carbocycles. The maximum absolute atomic E-state index is 5.58. The van der Waals surface area contributed by atoms with Crippen molar-refractivity contribution in [2.45, 2.75) is 31.4 Å². The van der Waals surface area contributed by atoms with Gasteiger partial charge in [-0.25, -0.2) is 0 Å². The summed E-state index contributed by atoms with van der Waals surface area (Å²) in [6, 6.07) is 0.663. The van der Waals surface area contributed by atoms with Crippen molar-refractivity contribution in [2.75, 3.05) is 46.4 Å². The molecule has 0 aliphatic carbocycles. The quantitative estimate of drug-likeness (QED) is 0.651. The van der Waals surface area contributed by atoms with Crippen LogP contribution in [0.15, 0.2) is 0 Å².